The molecule has 0 bridgehead atoms. The molecule has 1 aliphatic carbocycles. The van der Waals surface area contributed by atoms with Crippen LogP contribution < -0.4 is 0 Å². The molecule has 1 saturated heterocycles. The third-order valence-corrected chi connectivity index (χ3v) is 7.17. The maximum absolute atomic E-state index is 13.3. The SMILES string of the molecule is CCCCOC(=O)C1(c2cc(C#N)ccc2CN2CCN(C(=O)OC(C(F)(F)F)C(F)(F)F)CC2)CCCC1. The van der Waals surface area contributed by atoms with Crippen LogP contribution in [0.25, 0.3) is 0 Å². The first kappa shape index (κ1) is 30.5. The number of piperazine rings is 1. The first-order valence-corrected chi connectivity index (χ1v) is 12.8. The molecule has 0 N–H and O–H groups in total. The third-order valence-electron chi connectivity index (χ3n) is 7.17. The van der Waals surface area contributed by atoms with Gasteiger partial charge in [-0.05, 0) is 42.5 Å². The van der Waals surface area contributed by atoms with Crippen LogP contribution >= 0.6 is 0 Å². The Morgan fingerprint density at radius 3 is 2.21 bits per heavy atom. The Morgan fingerprint density at radius 2 is 1.67 bits per heavy atom. The second-order valence-electron chi connectivity index (χ2n) is 9.87. The summed E-state index contributed by atoms with van der Waals surface area (Å²) >= 11 is 0. The molecule has 1 amide bonds. The molecule has 0 unspecified atom stereocenters. The normalized spacial score (nSPS) is 18.2. The predicted molar refractivity (Wildman–Crippen MR) is 126 cm³/mol. The first-order chi connectivity index (χ1) is 18.3. The standard InChI is InChI=1S/C26H31F6N3O4/c1-2-3-14-38-22(36)24(8-4-5-9-24)20-15-18(16-33)6-7-19(20)17-34-10-12-35(13-11-34)23(37)39-21(25(27,28)29)26(30,31)32/h6-7,15,21H,2-5,8-14,17H2,1H3. The van der Waals surface area contributed by atoms with E-state index in [1.54, 1.807) is 18.2 Å². The number of benzene rings is 1. The highest BCUT2D eigenvalue weighted by atomic mass is 19.4. The van der Waals surface area contributed by atoms with Crippen molar-refractivity contribution in [1.82, 2.24) is 9.80 Å². The highest BCUT2D eigenvalue weighted by Crippen LogP contribution is 2.44. The second kappa shape index (κ2) is 12.4. The smallest absolute Gasteiger partial charge is 0.434 e. The summed E-state index contributed by atoms with van der Waals surface area (Å²) in [5.41, 5.74) is 0.957. The third kappa shape index (κ3) is 7.35. The molecule has 39 heavy (non-hydrogen) atoms. The van der Waals surface area contributed by atoms with Gasteiger partial charge in [0.1, 0.15) is 0 Å². The van der Waals surface area contributed by atoms with Gasteiger partial charge >= 0.3 is 24.4 Å². The number of hydrogen-bond donors (Lipinski definition) is 0. The van der Waals surface area contributed by atoms with Crippen molar-refractivity contribution in [3.63, 3.8) is 0 Å². The molecule has 1 aliphatic heterocycles. The molecular weight excluding hydrogens is 532 g/mol. The van der Waals surface area contributed by atoms with Crippen LogP contribution in [0.5, 0.6) is 0 Å². The van der Waals surface area contributed by atoms with E-state index < -0.39 is 30.0 Å². The van der Waals surface area contributed by atoms with Gasteiger partial charge < -0.3 is 14.4 Å². The molecule has 1 heterocycles. The van der Waals surface area contributed by atoms with Crippen LogP contribution in [0.3, 0.4) is 0 Å². The summed E-state index contributed by atoms with van der Waals surface area (Å²) in [6, 6.07) is 7.19. The lowest BCUT2D eigenvalue weighted by atomic mass is 9.76. The monoisotopic (exact) mass is 563 g/mol. The number of esters is 1. The van der Waals surface area contributed by atoms with E-state index >= 15 is 0 Å². The van der Waals surface area contributed by atoms with Crippen LogP contribution in [0.1, 0.15) is 62.1 Å². The zero-order chi connectivity index (χ0) is 28.8. The maximum atomic E-state index is 13.3. The molecule has 1 aromatic carbocycles. The minimum absolute atomic E-state index is 0.142. The van der Waals surface area contributed by atoms with Crippen molar-refractivity contribution in [2.45, 2.75) is 75.9 Å². The summed E-state index contributed by atoms with van der Waals surface area (Å²) in [7, 11) is 0. The van der Waals surface area contributed by atoms with Crippen molar-refractivity contribution < 1.29 is 45.4 Å². The Hall–Kier alpha value is -3.01. The van der Waals surface area contributed by atoms with Crippen molar-refractivity contribution in [3.05, 3.63) is 34.9 Å². The van der Waals surface area contributed by atoms with E-state index in [1.807, 2.05) is 11.8 Å². The number of nitrogens with zero attached hydrogens (tertiary/aromatic N) is 3. The van der Waals surface area contributed by atoms with Gasteiger partial charge in [0.05, 0.1) is 23.7 Å². The molecule has 0 radical (unpaired) electrons. The Morgan fingerprint density at radius 1 is 1.05 bits per heavy atom. The highest BCUT2D eigenvalue weighted by molar-refractivity contribution is 5.84. The predicted octanol–water partition coefficient (Wildman–Crippen LogP) is 5.46. The van der Waals surface area contributed by atoms with Crippen LogP contribution in [-0.4, -0.2) is 73.1 Å². The number of hydrogen-bond acceptors (Lipinski definition) is 6. The quantitative estimate of drug-likeness (QED) is 0.237. The number of alkyl halides is 6. The van der Waals surface area contributed by atoms with Crippen molar-refractivity contribution in [3.8, 4) is 6.07 Å². The van der Waals surface area contributed by atoms with Gasteiger partial charge in [-0.25, -0.2) is 4.79 Å². The molecule has 13 heteroatoms. The van der Waals surface area contributed by atoms with Crippen LogP contribution in [0.4, 0.5) is 31.1 Å². The van der Waals surface area contributed by atoms with Gasteiger partial charge in [0.2, 0.25) is 0 Å². The van der Waals surface area contributed by atoms with Crippen LogP contribution in [-0.2, 0) is 26.2 Å². The molecule has 2 aliphatic rings. The van der Waals surface area contributed by atoms with E-state index in [2.05, 4.69) is 10.8 Å². The van der Waals surface area contributed by atoms with E-state index in [9.17, 15) is 41.2 Å². The van der Waals surface area contributed by atoms with Gasteiger partial charge in [-0.1, -0.05) is 32.3 Å². The Balaban J connectivity index is 1.73. The van der Waals surface area contributed by atoms with Crippen molar-refractivity contribution >= 4 is 12.1 Å². The highest BCUT2D eigenvalue weighted by Gasteiger charge is 2.60. The fourth-order valence-electron chi connectivity index (χ4n) is 5.06. The van der Waals surface area contributed by atoms with E-state index in [0.717, 1.165) is 36.1 Å². The number of unbranched alkanes of at least 4 members (excludes halogenated alkanes) is 1. The molecule has 1 saturated carbocycles. The lowest BCUT2D eigenvalue weighted by molar-refractivity contribution is -0.308. The van der Waals surface area contributed by atoms with Gasteiger partial charge in [-0.3, -0.25) is 9.69 Å². The molecule has 0 atom stereocenters. The van der Waals surface area contributed by atoms with Gasteiger partial charge in [0, 0.05) is 32.7 Å². The van der Waals surface area contributed by atoms with E-state index in [0.29, 0.717) is 37.1 Å². The number of carbonyl (C=O) groups excluding carboxylic acids is 2. The molecule has 7 nitrogen and oxygen atoms in total. The van der Waals surface area contributed by atoms with Gasteiger partial charge in [-0.15, -0.1) is 0 Å². The lowest BCUT2D eigenvalue weighted by Crippen LogP contribution is -2.52. The summed E-state index contributed by atoms with van der Waals surface area (Å²) in [6.45, 7) is 2.62. The van der Waals surface area contributed by atoms with Crippen molar-refractivity contribution in [2.24, 2.45) is 0 Å². The van der Waals surface area contributed by atoms with Crippen LogP contribution in [0.2, 0.25) is 0 Å². The number of rotatable bonds is 8. The Kier molecular flexibility index (Phi) is 9.74. The van der Waals surface area contributed by atoms with Gasteiger partial charge in [-0.2, -0.15) is 31.6 Å². The number of carbonyl (C=O) groups is 2. The zero-order valence-electron chi connectivity index (χ0n) is 21.5. The fraction of sp³-hybridized carbons (Fsp3) is 0.654. The number of amides is 1. The fourth-order valence-corrected chi connectivity index (χ4v) is 5.06. The van der Waals surface area contributed by atoms with Gasteiger partial charge in [0.25, 0.3) is 6.10 Å². The molecule has 3 rings (SSSR count). The van der Waals surface area contributed by atoms with E-state index in [-0.39, 0.29) is 32.1 Å². The van der Waals surface area contributed by atoms with Crippen molar-refractivity contribution in [2.75, 3.05) is 32.8 Å². The molecule has 216 valence electrons. The second-order valence-corrected chi connectivity index (χ2v) is 9.87. The average Bonchev–Trinajstić information content (AvgIpc) is 3.38. The first-order valence-electron chi connectivity index (χ1n) is 12.8. The average molecular weight is 564 g/mol. The lowest BCUT2D eigenvalue weighted by Gasteiger charge is -2.36. The van der Waals surface area contributed by atoms with E-state index in [1.165, 1.54) is 0 Å². The van der Waals surface area contributed by atoms with E-state index in [4.69, 9.17) is 4.74 Å². The van der Waals surface area contributed by atoms with Crippen molar-refractivity contribution in [1.29, 1.82) is 5.26 Å². The van der Waals surface area contributed by atoms with Gasteiger partial charge in [0.15, 0.2) is 0 Å². The summed E-state index contributed by atoms with van der Waals surface area (Å²) in [4.78, 5) is 28.1. The topological polar surface area (TPSA) is 82.9 Å². The zero-order valence-corrected chi connectivity index (χ0v) is 21.5. The van der Waals surface area contributed by atoms with Crippen LogP contribution in [0, 0.1) is 11.3 Å². The molecule has 1 aromatic rings. The minimum atomic E-state index is -5.78. The number of ether oxygens (including phenoxy) is 2. The molecule has 0 spiro atoms. The maximum Gasteiger partial charge on any atom is 0.434 e. The molecular formula is C26H31F6N3O4. The molecule has 2 fully saturated rings. The minimum Gasteiger partial charge on any atom is -0.465 e. The summed E-state index contributed by atoms with van der Waals surface area (Å²) in [5.74, 6) is -0.332. The Bertz CT molecular complexity index is 1040. The molecule has 0 aromatic heterocycles. The summed E-state index contributed by atoms with van der Waals surface area (Å²) < 4.78 is 86.0. The number of nitriles is 1. The summed E-state index contributed by atoms with van der Waals surface area (Å²) in [5, 5.41) is 9.49. The largest absolute Gasteiger partial charge is 0.465 e. The van der Waals surface area contributed by atoms with Crippen LogP contribution in [0.15, 0.2) is 18.2 Å². The Labute approximate surface area is 222 Å². The number of halogens is 6. The summed E-state index contributed by atoms with van der Waals surface area (Å²) in [6.07, 6.45) is -13.1.